The Balaban J connectivity index is 0.000000137. The van der Waals surface area contributed by atoms with Gasteiger partial charge < -0.3 is 4.74 Å². The number of hydrogen-bond acceptors (Lipinski definition) is 1. The Labute approximate surface area is 110 Å². The van der Waals surface area contributed by atoms with Crippen LogP contribution in [-0.4, -0.2) is 13.2 Å². The first kappa shape index (κ1) is 14.5. The molecule has 0 spiro atoms. The standard InChI is InChI=1S/C7H8.C6H6.C4H8O/c1-7-5-3-2-4-6-7;1-2-4-6-5-3-1;1-2-4-5-3-1/h2-6H,1H3;1-6H;1-4H2. The van der Waals surface area contributed by atoms with Gasteiger partial charge in [-0.15, -0.1) is 0 Å². The molecule has 1 aliphatic rings. The molecule has 0 saturated carbocycles. The zero-order valence-corrected chi connectivity index (χ0v) is 11.1. The summed E-state index contributed by atoms with van der Waals surface area (Å²) >= 11 is 0. The Hall–Kier alpha value is -1.60. The van der Waals surface area contributed by atoms with E-state index in [1.807, 2.05) is 54.6 Å². The lowest BCUT2D eigenvalue weighted by atomic mass is 10.2. The molecule has 0 unspecified atom stereocenters. The largest absolute Gasteiger partial charge is 0.381 e. The smallest absolute Gasteiger partial charge is 0.0466 e. The lowest BCUT2D eigenvalue weighted by Crippen LogP contribution is -1.74. The molecule has 0 aromatic heterocycles. The van der Waals surface area contributed by atoms with Crippen molar-refractivity contribution in [1.29, 1.82) is 0 Å². The fourth-order valence-corrected chi connectivity index (χ4v) is 1.43. The first-order valence-electron chi connectivity index (χ1n) is 6.49. The topological polar surface area (TPSA) is 9.23 Å². The molecule has 1 nitrogen and oxygen atoms in total. The van der Waals surface area contributed by atoms with Gasteiger partial charge in [0.15, 0.2) is 0 Å². The molecule has 3 rings (SSSR count). The fraction of sp³-hybridized carbons (Fsp3) is 0.294. The van der Waals surface area contributed by atoms with Crippen molar-refractivity contribution in [3.05, 3.63) is 72.3 Å². The van der Waals surface area contributed by atoms with Crippen LogP contribution in [0.2, 0.25) is 0 Å². The van der Waals surface area contributed by atoms with Gasteiger partial charge >= 0.3 is 0 Å². The SMILES string of the molecule is C1CCOC1.Cc1ccccc1.c1ccccc1. The summed E-state index contributed by atoms with van der Waals surface area (Å²) in [7, 11) is 0. The van der Waals surface area contributed by atoms with Crippen LogP contribution in [0.15, 0.2) is 66.7 Å². The van der Waals surface area contributed by atoms with Crippen LogP contribution in [0, 0.1) is 6.92 Å². The van der Waals surface area contributed by atoms with E-state index < -0.39 is 0 Å². The fourth-order valence-electron chi connectivity index (χ4n) is 1.43. The van der Waals surface area contributed by atoms with Gasteiger partial charge in [0.05, 0.1) is 0 Å². The molecule has 0 bridgehead atoms. The summed E-state index contributed by atoms with van der Waals surface area (Å²) in [5.74, 6) is 0. The van der Waals surface area contributed by atoms with Crippen molar-refractivity contribution >= 4 is 0 Å². The van der Waals surface area contributed by atoms with E-state index >= 15 is 0 Å². The van der Waals surface area contributed by atoms with Crippen molar-refractivity contribution in [2.24, 2.45) is 0 Å². The third kappa shape index (κ3) is 8.54. The molecule has 0 N–H and O–H groups in total. The molecule has 0 amide bonds. The quantitative estimate of drug-likeness (QED) is 0.662. The highest BCUT2D eigenvalue weighted by Crippen LogP contribution is 1.98. The molecular weight excluding hydrogens is 220 g/mol. The summed E-state index contributed by atoms with van der Waals surface area (Å²) in [5, 5.41) is 0. The summed E-state index contributed by atoms with van der Waals surface area (Å²) < 4.78 is 4.94. The molecule has 2 aromatic carbocycles. The maximum atomic E-state index is 4.94. The zero-order valence-electron chi connectivity index (χ0n) is 11.1. The van der Waals surface area contributed by atoms with E-state index in [0.29, 0.717) is 0 Å². The molecule has 0 radical (unpaired) electrons. The van der Waals surface area contributed by atoms with Crippen LogP contribution in [0.1, 0.15) is 18.4 Å². The monoisotopic (exact) mass is 242 g/mol. The minimum Gasteiger partial charge on any atom is -0.381 e. The highest BCUT2D eigenvalue weighted by Gasteiger charge is 1.94. The van der Waals surface area contributed by atoms with Gasteiger partial charge in [0.25, 0.3) is 0 Å². The molecule has 1 saturated heterocycles. The van der Waals surface area contributed by atoms with Crippen molar-refractivity contribution in [3.63, 3.8) is 0 Å². The third-order valence-electron chi connectivity index (χ3n) is 2.43. The number of hydrogen-bond donors (Lipinski definition) is 0. The minimum absolute atomic E-state index is 1.00. The molecule has 1 heteroatoms. The predicted molar refractivity (Wildman–Crippen MR) is 77.7 cm³/mol. The van der Waals surface area contributed by atoms with Crippen molar-refractivity contribution < 1.29 is 4.74 Å². The Morgan fingerprint density at radius 3 is 1.28 bits per heavy atom. The predicted octanol–water partition coefficient (Wildman–Crippen LogP) is 4.48. The van der Waals surface area contributed by atoms with Gasteiger partial charge in [-0.25, -0.2) is 0 Å². The van der Waals surface area contributed by atoms with Crippen LogP contribution in [0.4, 0.5) is 0 Å². The second kappa shape index (κ2) is 10.5. The van der Waals surface area contributed by atoms with Gasteiger partial charge in [0.2, 0.25) is 0 Å². The van der Waals surface area contributed by atoms with Crippen LogP contribution < -0.4 is 0 Å². The van der Waals surface area contributed by atoms with Crippen molar-refractivity contribution in [1.82, 2.24) is 0 Å². The number of aryl methyl sites for hydroxylation is 1. The van der Waals surface area contributed by atoms with Crippen LogP contribution in [0.25, 0.3) is 0 Å². The molecule has 1 heterocycles. The number of benzene rings is 2. The Kier molecular flexibility index (Phi) is 8.47. The summed E-state index contributed by atoms with van der Waals surface area (Å²) in [5.41, 5.74) is 1.32. The van der Waals surface area contributed by atoms with Gasteiger partial charge in [0, 0.05) is 13.2 Å². The molecule has 96 valence electrons. The summed E-state index contributed by atoms with van der Waals surface area (Å²) in [6.45, 7) is 4.08. The molecule has 18 heavy (non-hydrogen) atoms. The molecular formula is C17H22O. The normalized spacial score (nSPS) is 12.7. The van der Waals surface area contributed by atoms with E-state index in [0.717, 1.165) is 13.2 Å². The van der Waals surface area contributed by atoms with E-state index in [9.17, 15) is 0 Å². The maximum Gasteiger partial charge on any atom is 0.0466 e. The van der Waals surface area contributed by atoms with Crippen LogP contribution >= 0.6 is 0 Å². The molecule has 0 atom stereocenters. The van der Waals surface area contributed by atoms with Crippen LogP contribution in [0.3, 0.4) is 0 Å². The average Bonchev–Trinajstić information content (AvgIpc) is 3.01. The van der Waals surface area contributed by atoms with E-state index in [4.69, 9.17) is 4.74 Å². The minimum atomic E-state index is 1.00. The molecule has 1 fully saturated rings. The van der Waals surface area contributed by atoms with Crippen molar-refractivity contribution in [3.8, 4) is 0 Å². The molecule has 0 aliphatic carbocycles. The third-order valence-corrected chi connectivity index (χ3v) is 2.43. The van der Waals surface area contributed by atoms with E-state index in [2.05, 4.69) is 19.1 Å². The van der Waals surface area contributed by atoms with E-state index in [-0.39, 0.29) is 0 Å². The highest BCUT2D eigenvalue weighted by molar-refractivity contribution is 5.11. The lowest BCUT2D eigenvalue weighted by Gasteiger charge is -1.82. The zero-order chi connectivity index (χ0) is 12.9. The summed E-state index contributed by atoms with van der Waals surface area (Å²) in [6.07, 6.45) is 2.56. The number of ether oxygens (including phenoxy) is 1. The van der Waals surface area contributed by atoms with Crippen molar-refractivity contribution in [2.75, 3.05) is 13.2 Å². The Bertz CT molecular complexity index is 331. The van der Waals surface area contributed by atoms with Gasteiger partial charge in [-0.2, -0.15) is 0 Å². The van der Waals surface area contributed by atoms with Crippen LogP contribution in [-0.2, 0) is 4.74 Å². The van der Waals surface area contributed by atoms with E-state index in [1.54, 1.807) is 0 Å². The Morgan fingerprint density at radius 1 is 0.667 bits per heavy atom. The van der Waals surface area contributed by atoms with Gasteiger partial charge in [0.1, 0.15) is 0 Å². The second-order valence-electron chi connectivity index (χ2n) is 4.13. The summed E-state index contributed by atoms with van der Waals surface area (Å²) in [4.78, 5) is 0. The molecule has 1 aliphatic heterocycles. The number of rotatable bonds is 0. The first-order valence-corrected chi connectivity index (χ1v) is 6.49. The molecule has 2 aromatic rings. The summed E-state index contributed by atoms with van der Waals surface area (Å²) in [6, 6.07) is 22.3. The van der Waals surface area contributed by atoms with Gasteiger partial charge in [-0.3, -0.25) is 0 Å². The average molecular weight is 242 g/mol. The van der Waals surface area contributed by atoms with Gasteiger partial charge in [-0.05, 0) is 19.8 Å². The Morgan fingerprint density at radius 2 is 1.06 bits per heavy atom. The maximum absolute atomic E-state index is 4.94. The lowest BCUT2D eigenvalue weighted by molar-refractivity contribution is 0.198. The van der Waals surface area contributed by atoms with Crippen LogP contribution in [0.5, 0.6) is 0 Å². The van der Waals surface area contributed by atoms with Crippen molar-refractivity contribution in [2.45, 2.75) is 19.8 Å². The van der Waals surface area contributed by atoms with E-state index in [1.165, 1.54) is 18.4 Å². The highest BCUT2D eigenvalue weighted by atomic mass is 16.5. The first-order chi connectivity index (χ1) is 8.89. The second-order valence-corrected chi connectivity index (χ2v) is 4.13. The van der Waals surface area contributed by atoms with Gasteiger partial charge in [-0.1, -0.05) is 72.3 Å².